The number of hydrazone groups is 1. The number of fused-ring (bicyclic) bond motifs is 1. The topological polar surface area (TPSA) is 66.6 Å². The summed E-state index contributed by atoms with van der Waals surface area (Å²) in [5.41, 5.74) is 4.58. The molecule has 1 amide bonds. The van der Waals surface area contributed by atoms with Crippen molar-refractivity contribution in [2.45, 2.75) is 0 Å². The molecule has 0 aliphatic carbocycles. The summed E-state index contributed by atoms with van der Waals surface area (Å²) in [6.07, 6.45) is 3.53. The smallest absolute Gasteiger partial charge is 0.275 e. The Morgan fingerprint density at radius 2 is 2.09 bits per heavy atom. The fourth-order valence-corrected chi connectivity index (χ4v) is 2.75. The molecule has 3 rings (SSSR count). The van der Waals surface area contributed by atoms with E-state index in [-0.39, 0.29) is 11.3 Å². The summed E-state index contributed by atoms with van der Waals surface area (Å²) in [7, 11) is 1.96. The molecule has 0 aliphatic rings. The lowest BCUT2D eigenvalue weighted by Gasteiger charge is -2.03. The lowest BCUT2D eigenvalue weighted by molar-refractivity contribution is 0.0952. The number of aromatic hydroxyl groups is 1. The third kappa shape index (κ3) is 3.12. The lowest BCUT2D eigenvalue weighted by Crippen LogP contribution is -2.17. The first kappa shape index (κ1) is 15.3. The molecule has 0 aliphatic heterocycles. The van der Waals surface area contributed by atoms with Gasteiger partial charge in [-0.2, -0.15) is 5.10 Å². The Morgan fingerprint density at radius 3 is 2.91 bits per heavy atom. The highest BCUT2D eigenvalue weighted by Gasteiger charge is 2.10. The second kappa shape index (κ2) is 6.26. The Hall–Kier alpha value is -2.60. The molecule has 23 heavy (non-hydrogen) atoms. The molecule has 0 bridgehead atoms. The molecule has 0 atom stereocenters. The maximum absolute atomic E-state index is 12.1. The highest BCUT2D eigenvalue weighted by atomic mass is 79.9. The molecule has 0 radical (unpaired) electrons. The van der Waals surface area contributed by atoms with Gasteiger partial charge in [-0.3, -0.25) is 4.79 Å². The van der Waals surface area contributed by atoms with Gasteiger partial charge in [0.2, 0.25) is 0 Å². The molecule has 5 nitrogen and oxygen atoms in total. The number of rotatable bonds is 3. The summed E-state index contributed by atoms with van der Waals surface area (Å²) in [5.74, 6) is -0.564. The van der Waals surface area contributed by atoms with Crippen molar-refractivity contribution in [1.29, 1.82) is 0 Å². The Labute approximate surface area is 141 Å². The zero-order valence-electron chi connectivity index (χ0n) is 12.3. The van der Waals surface area contributed by atoms with Crippen molar-refractivity contribution in [2.24, 2.45) is 12.1 Å². The SMILES string of the molecule is Cn1cc(/C=N\NC(=O)c2cc(Br)ccc2O)c2ccccc21. The van der Waals surface area contributed by atoms with E-state index in [0.29, 0.717) is 4.47 Å². The van der Waals surface area contributed by atoms with Crippen LogP contribution >= 0.6 is 15.9 Å². The number of nitrogens with zero attached hydrogens (tertiary/aromatic N) is 2. The quantitative estimate of drug-likeness (QED) is 0.547. The van der Waals surface area contributed by atoms with Crippen LogP contribution in [0.25, 0.3) is 10.9 Å². The summed E-state index contributed by atoms with van der Waals surface area (Å²) in [5, 5.41) is 14.8. The number of phenolic OH excluding ortho intramolecular Hbond substituents is 1. The number of carbonyl (C=O) groups is 1. The summed E-state index contributed by atoms with van der Waals surface area (Å²) < 4.78 is 2.71. The van der Waals surface area contributed by atoms with Gasteiger partial charge in [0.05, 0.1) is 11.8 Å². The molecular formula is C17H14BrN3O2. The van der Waals surface area contributed by atoms with Crippen LogP contribution in [0.3, 0.4) is 0 Å². The van der Waals surface area contributed by atoms with Crippen LogP contribution < -0.4 is 5.43 Å². The predicted octanol–water partition coefficient (Wildman–Crippen LogP) is 3.41. The first-order valence-electron chi connectivity index (χ1n) is 6.92. The maximum atomic E-state index is 12.1. The minimum Gasteiger partial charge on any atom is -0.507 e. The van der Waals surface area contributed by atoms with Crippen molar-refractivity contribution in [3.63, 3.8) is 0 Å². The van der Waals surface area contributed by atoms with Crippen LogP contribution in [0.5, 0.6) is 5.75 Å². The monoisotopic (exact) mass is 371 g/mol. The molecule has 0 unspecified atom stereocenters. The largest absolute Gasteiger partial charge is 0.507 e. The van der Waals surface area contributed by atoms with E-state index in [4.69, 9.17) is 0 Å². The van der Waals surface area contributed by atoms with Gasteiger partial charge in [-0.1, -0.05) is 34.1 Å². The van der Waals surface area contributed by atoms with Gasteiger partial charge in [0.1, 0.15) is 5.75 Å². The summed E-state index contributed by atoms with van der Waals surface area (Å²) in [6.45, 7) is 0. The molecule has 1 aromatic heterocycles. The van der Waals surface area contributed by atoms with Crippen LogP contribution in [0, 0.1) is 0 Å². The molecular weight excluding hydrogens is 358 g/mol. The van der Waals surface area contributed by atoms with Crippen LogP contribution in [-0.2, 0) is 7.05 Å². The number of halogens is 1. The number of para-hydroxylation sites is 1. The third-order valence-corrected chi connectivity index (χ3v) is 3.99. The number of hydrogen-bond acceptors (Lipinski definition) is 3. The van der Waals surface area contributed by atoms with Gasteiger partial charge in [-0.05, 0) is 24.3 Å². The summed E-state index contributed by atoms with van der Waals surface area (Å²) in [4.78, 5) is 12.1. The Balaban J connectivity index is 1.80. The minimum absolute atomic E-state index is 0.0916. The van der Waals surface area contributed by atoms with E-state index in [9.17, 15) is 9.90 Å². The van der Waals surface area contributed by atoms with Crippen molar-refractivity contribution in [3.8, 4) is 5.75 Å². The van der Waals surface area contributed by atoms with E-state index in [1.807, 2.05) is 42.1 Å². The standard InChI is InChI=1S/C17H14BrN3O2/c1-21-10-11(13-4-2-3-5-15(13)21)9-19-20-17(23)14-8-12(18)6-7-16(14)22/h2-10,22H,1H3,(H,20,23)/b19-9-. The highest BCUT2D eigenvalue weighted by molar-refractivity contribution is 9.10. The second-order valence-electron chi connectivity index (χ2n) is 5.07. The fraction of sp³-hybridized carbons (Fsp3) is 0.0588. The van der Waals surface area contributed by atoms with Crippen LogP contribution in [0.4, 0.5) is 0 Å². The van der Waals surface area contributed by atoms with E-state index >= 15 is 0 Å². The molecule has 0 spiro atoms. The minimum atomic E-state index is -0.472. The molecule has 6 heteroatoms. The summed E-state index contributed by atoms with van der Waals surface area (Å²) in [6, 6.07) is 12.6. The first-order valence-corrected chi connectivity index (χ1v) is 7.71. The molecule has 0 saturated carbocycles. The van der Waals surface area contributed by atoms with Crippen LogP contribution in [0.1, 0.15) is 15.9 Å². The normalized spacial score (nSPS) is 11.2. The number of carbonyl (C=O) groups excluding carboxylic acids is 1. The lowest BCUT2D eigenvalue weighted by atomic mass is 10.2. The zero-order valence-corrected chi connectivity index (χ0v) is 13.9. The molecule has 116 valence electrons. The molecule has 1 heterocycles. The molecule has 0 saturated heterocycles. The zero-order chi connectivity index (χ0) is 16.4. The van der Waals surface area contributed by atoms with Crippen molar-refractivity contribution in [1.82, 2.24) is 9.99 Å². The van der Waals surface area contributed by atoms with Crippen LogP contribution in [0.2, 0.25) is 0 Å². The average Bonchev–Trinajstić information content (AvgIpc) is 2.86. The average molecular weight is 372 g/mol. The van der Waals surface area contributed by atoms with Crippen molar-refractivity contribution in [3.05, 3.63) is 64.3 Å². The van der Waals surface area contributed by atoms with Gasteiger partial charge in [-0.25, -0.2) is 5.43 Å². The number of phenols is 1. The van der Waals surface area contributed by atoms with Crippen molar-refractivity contribution >= 4 is 39.0 Å². The number of aromatic nitrogens is 1. The van der Waals surface area contributed by atoms with E-state index < -0.39 is 5.91 Å². The van der Waals surface area contributed by atoms with E-state index in [2.05, 4.69) is 26.5 Å². The van der Waals surface area contributed by atoms with Gasteiger partial charge >= 0.3 is 0 Å². The predicted molar refractivity (Wildman–Crippen MR) is 93.8 cm³/mol. The number of nitrogens with one attached hydrogen (secondary N) is 1. The number of benzene rings is 2. The van der Waals surface area contributed by atoms with Gasteiger partial charge in [-0.15, -0.1) is 0 Å². The van der Waals surface area contributed by atoms with Crippen molar-refractivity contribution in [2.75, 3.05) is 0 Å². The van der Waals surface area contributed by atoms with E-state index in [1.165, 1.54) is 12.1 Å². The molecule has 0 fully saturated rings. The van der Waals surface area contributed by atoms with Crippen LogP contribution in [0.15, 0.2) is 58.2 Å². The van der Waals surface area contributed by atoms with E-state index in [1.54, 1.807) is 12.3 Å². The number of aryl methyl sites for hydroxylation is 1. The van der Waals surface area contributed by atoms with Gasteiger partial charge in [0.25, 0.3) is 5.91 Å². The molecule has 2 N–H and O–H groups in total. The number of hydrogen-bond donors (Lipinski definition) is 2. The number of amides is 1. The Bertz CT molecular complexity index is 915. The fourth-order valence-electron chi connectivity index (χ4n) is 2.39. The molecule has 3 aromatic rings. The maximum Gasteiger partial charge on any atom is 0.275 e. The van der Waals surface area contributed by atoms with Gasteiger partial charge in [0.15, 0.2) is 0 Å². The van der Waals surface area contributed by atoms with Crippen molar-refractivity contribution < 1.29 is 9.90 Å². The second-order valence-corrected chi connectivity index (χ2v) is 5.99. The Kier molecular flexibility index (Phi) is 4.16. The molecule has 2 aromatic carbocycles. The highest BCUT2D eigenvalue weighted by Crippen LogP contribution is 2.22. The van der Waals surface area contributed by atoms with E-state index in [0.717, 1.165) is 16.5 Å². The van der Waals surface area contributed by atoms with Crippen LogP contribution in [-0.4, -0.2) is 21.8 Å². The Morgan fingerprint density at radius 1 is 1.30 bits per heavy atom. The van der Waals surface area contributed by atoms with Gasteiger partial charge in [0, 0.05) is 34.2 Å². The summed E-state index contributed by atoms with van der Waals surface area (Å²) >= 11 is 3.27. The third-order valence-electron chi connectivity index (χ3n) is 3.50. The first-order chi connectivity index (χ1) is 11.1. The van der Waals surface area contributed by atoms with Gasteiger partial charge < -0.3 is 9.67 Å².